The average molecular weight is 336 g/mol. The molecule has 1 aliphatic heterocycles. The lowest BCUT2D eigenvalue weighted by molar-refractivity contribution is 0.0478. The van der Waals surface area contributed by atoms with Gasteiger partial charge in [-0.15, -0.1) is 11.3 Å². The molecular formula is C12H18BrNOS2. The first-order valence-electron chi connectivity index (χ1n) is 5.96. The van der Waals surface area contributed by atoms with Gasteiger partial charge in [0.15, 0.2) is 0 Å². The number of ether oxygens (including phenoxy) is 1. The summed E-state index contributed by atoms with van der Waals surface area (Å²) in [6, 6.07) is 2.56. The molecule has 2 nitrogen and oxygen atoms in total. The van der Waals surface area contributed by atoms with Crippen molar-refractivity contribution in [2.24, 2.45) is 0 Å². The summed E-state index contributed by atoms with van der Waals surface area (Å²) in [6.07, 6.45) is 1.40. The highest BCUT2D eigenvalue weighted by molar-refractivity contribution is 9.10. The molecule has 5 heteroatoms. The zero-order valence-electron chi connectivity index (χ0n) is 9.95. The molecule has 0 aliphatic carbocycles. The van der Waals surface area contributed by atoms with Gasteiger partial charge in [-0.3, -0.25) is 0 Å². The molecule has 1 aromatic heterocycles. The largest absolute Gasteiger partial charge is 0.375 e. The maximum absolute atomic E-state index is 5.89. The van der Waals surface area contributed by atoms with Crippen LogP contribution in [0.1, 0.15) is 11.8 Å². The highest BCUT2D eigenvalue weighted by atomic mass is 79.9. The fraction of sp³-hybridized carbons (Fsp3) is 0.667. The molecule has 2 unspecified atom stereocenters. The second-order valence-corrected chi connectivity index (χ2v) is 7.05. The number of halogens is 1. The van der Waals surface area contributed by atoms with Gasteiger partial charge < -0.3 is 10.1 Å². The van der Waals surface area contributed by atoms with E-state index in [0.29, 0.717) is 12.1 Å². The van der Waals surface area contributed by atoms with Gasteiger partial charge >= 0.3 is 0 Å². The molecule has 1 fully saturated rings. The lowest BCUT2D eigenvalue weighted by Crippen LogP contribution is -2.46. The third-order valence-corrected chi connectivity index (χ3v) is 5.82. The Hall–Kier alpha value is 0.450. The Bertz CT molecular complexity index is 339. The molecule has 17 heavy (non-hydrogen) atoms. The Balaban J connectivity index is 1.98. The Labute approximate surface area is 120 Å². The molecule has 0 amide bonds. The number of thiophene rings is 1. The summed E-state index contributed by atoms with van der Waals surface area (Å²) in [5.41, 5.74) is 0. The average Bonchev–Trinajstić information content (AvgIpc) is 2.76. The van der Waals surface area contributed by atoms with E-state index >= 15 is 0 Å². The van der Waals surface area contributed by atoms with Crippen molar-refractivity contribution in [1.29, 1.82) is 0 Å². The van der Waals surface area contributed by atoms with E-state index in [1.807, 2.05) is 23.1 Å². The smallest absolute Gasteiger partial charge is 0.0822 e. The van der Waals surface area contributed by atoms with Crippen molar-refractivity contribution >= 4 is 39.0 Å². The quantitative estimate of drug-likeness (QED) is 0.892. The predicted octanol–water partition coefficient (Wildman–Crippen LogP) is 3.16. The van der Waals surface area contributed by atoms with Crippen molar-refractivity contribution < 1.29 is 4.74 Å². The molecule has 2 rings (SSSR count). The summed E-state index contributed by atoms with van der Waals surface area (Å²) in [6.45, 7) is 4.05. The van der Waals surface area contributed by atoms with Crippen molar-refractivity contribution in [3.8, 4) is 0 Å². The number of nitrogens with one attached hydrogen (secondary N) is 1. The summed E-state index contributed by atoms with van der Waals surface area (Å²) in [7, 11) is 0. The summed E-state index contributed by atoms with van der Waals surface area (Å²) < 4.78 is 7.12. The highest BCUT2D eigenvalue weighted by Gasteiger charge is 2.25. The molecule has 0 radical (unpaired) electrons. The van der Waals surface area contributed by atoms with Crippen LogP contribution >= 0.6 is 39.0 Å². The van der Waals surface area contributed by atoms with Gasteiger partial charge in [0.2, 0.25) is 0 Å². The van der Waals surface area contributed by atoms with Crippen LogP contribution in [0.15, 0.2) is 15.9 Å². The maximum atomic E-state index is 5.89. The van der Waals surface area contributed by atoms with E-state index in [0.717, 1.165) is 31.1 Å². The van der Waals surface area contributed by atoms with Gasteiger partial charge in [0.25, 0.3) is 0 Å². The van der Waals surface area contributed by atoms with Crippen LogP contribution in [-0.2, 0) is 11.2 Å². The molecule has 1 saturated heterocycles. The predicted molar refractivity (Wildman–Crippen MR) is 80.3 cm³/mol. The summed E-state index contributed by atoms with van der Waals surface area (Å²) in [5, 5.41) is 5.70. The monoisotopic (exact) mass is 335 g/mol. The fourth-order valence-electron chi connectivity index (χ4n) is 2.01. The van der Waals surface area contributed by atoms with Gasteiger partial charge in [-0.1, -0.05) is 6.92 Å². The highest BCUT2D eigenvalue weighted by Crippen LogP contribution is 2.26. The second kappa shape index (κ2) is 7.14. The molecule has 0 saturated carbocycles. The number of rotatable bonds is 5. The lowest BCUT2D eigenvalue weighted by atomic mass is 10.1. The molecule has 0 bridgehead atoms. The van der Waals surface area contributed by atoms with E-state index in [9.17, 15) is 0 Å². The van der Waals surface area contributed by atoms with Crippen LogP contribution in [0.4, 0.5) is 0 Å². The third kappa shape index (κ3) is 3.96. The topological polar surface area (TPSA) is 21.3 Å². The van der Waals surface area contributed by atoms with Crippen LogP contribution in [0.5, 0.6) is 0 Å². The van der Waals surface area contributed by atoms with Gasteiger partial charge in [-0.25, -0.2) is 0 Å². The Morgan fingerprint density at radius 3 is 3.12 bits per heavy atom. The summed E-state index contributed by atoms with van der Waals surface area (Å²) in [5.74, 6) is 2.25. The number of hydrogen-bond acceptors (Lipinski definition) is 4. The van der Waals surface area contributed by atoms with Crippen LogP contribution < -0.4 is 5.32 Å². The molecule has 96 valence electrons. The molecule has 0 aromatic carbocycles. The molecule has 0 spiro atoms. The lowest BCUT2D eigenvalue weighted by Gasteiger charge is -2.30. The SMILES string of the molecule is CCNC(Cc1sccc1Br)C1CSCCO1. The first-order chi connectivity index (χ1) is 8.31. The summed E-state index contributed by atoms with van der Waals surface area (Å²) >= 11 is 7.43. The van der Waals surface area contributed by atoms with Crippen molar-refractivity contribution in [3.63, 3.8) is 0 Å². The molecular weight excluding hydrogens is 318 g/mol. The van der Waals surface area contributed by atoms with Crippen LogP contribution in [-0.4, -0.2) is 36.8 Å². The second-order valence-electron chi connectivity index (χ2n) is 4.04. The van der Waals surface area contributed by atoms with E-state index in [1.165, 1.54) is 9.35 Å². The first-order valence-corrected chi connectivity index (χ1v) is 8.78. The molecule has 1 aromatic rings. The van der Waals surface area contributed by atoms with Crippen molar-refractivity contribution in [2.45, 2.75) is 25.5 Å². The Kier molecular flexibility index (Phi) is 5.83. The Morgan fingerprint density at radius 2 is 2.53 bits per heavy atom. The van der Waals surface area contributed by atoms with Crippen LogP contribution in [0, 0.1) is 0 Å². The van der Waals surface area contributed by atoms with E-state index in [-0.39, 0.29) is 0 Å². The third-order valence-electron chi connectivity index (χ3n) is 2.85. The maximum Gasteiger partial charge on any atom is 0.0822 e. The fourth-order valence-corrected chi connectivity index (χ4v) is 4.52. The van der Waals surface area contributed by atoms with Crippen LogP contribution in [0.25, 0.3) is 0 Å². The normalized spacial score (nSPS) is 22.6. The van der Waals surface area contributed by atoms with Crippen molar-refractivity contribution in [1.82, 2.24) is 5.32 Å². The number of hydrogen-bond donors (Lipinski definition) is 1. The van der Waals surface area contributed by atoms with E-state index in [1.54, 1.807) is 0 Å². The minimum absolute atomic E-state index is 0.350. The standard InChI is InChI=1S/C12H18BrNOS2/c1-2-14-10(11-8-16-6-4-15-11)7-12-9(13)3-5-17-12/h3,5,10-11,14H,2,4,6-8H2,1H3. The Morgan fingerprint density at radius 1 is 1.65 bits per heavy atom. The zero-order chi connectivity index (χ0) is 12.1. The van der Waals surface area contributed by atoms with Gasteiger partial charge in [0.1, 0.15) is 0 Å². The van der Waals surface area contributed by atoms with Crippen LogP contribution in [0.3, 0.4) is 0 Å². The minimum atomic E-state index is 0.350. The van der Waals surface area contributed by atoms with Gasteiger partial charge in [-0.2, -0.15) is 11.8 Å². The first kappa shape index (κ1) is 13.9. The van der Waals surface area contributed by atoms with Gasteiger partial charge in [-0.05, 0) is 33.9 Å². The van der Waals surface area contributed by atoms with Crippen LogP contribution in [0.2, 0.25) is 0 Å². The van der Waals surface area contributed by atoms with Crippen molar-refractivity contribution in [2.75, 3.05) is 24.7 Å². The zero-order valence-corrected chi connectivity index (χ0v) is 13.2. The minimum Gasteiger partial charge on any atom is -0.375 e. The van der Waals surface area contributed by atoms with E-state index in [4.69, 9.17) is 4.74 Å². The summed E-state index contributed by atoms with van der Waals surface area (Å²) in [4.78, 5) is 1.41. The van der Waals surface area contributed by atoms with E-state index < -0.39 is 0 Å². The van der Waals surface area contributed by atoms with Gasteiger partial charge in [0, 0.05) is 33.3 Å². The molecule has 1 N–H and O–H groups in total. The molecule has 2 heterocycles. The van der Waals surface area contributed by atoms with Gasteiger partial charge in [0.05, 0.1) is 12.7 Å². The number of thioether (sulfide) groups is 1. The van der Waals surface area contributed by atoms with Crippen molar-refractivity contribution in [3.05, 3.63) is 20.8 Å². The molecule has 2 atom stereocenters. The van der Waals surface area contributed by atoms with E-state index in [2.05, 4.69) is 39.6 Å². The molecule has 1 aliphatic rings. The number of likely N-dealkylation sites (N-methyl/N-ethyl adjacent to an activating group) is 1.